The lowest BCUT2D eigenvalue weighted by Gasteiger charge is -2.18. The summed E-state index contributed by atoms with van der Waals surface area (Å²) in [6.07, 6.45) is 2.76. The van der Waals surface area contributed by atoms with Gasteiger partial charge in [-0.2, -0.15) is 0 Å². The number of hydrogen-bond donors (Lipinski definition) is 1. The molecule has 0 bridgehead atoms. The quantitative estimate of drug-likeness (QED) is 0.813. The lowest BCUT2D eigenvalue weighted by molar-refractivity contribution is 0.0785. The highest BCUT2D eigenvalue weighted by atomic mass is 32.2. The zero-order valence-corrected chi connectivity index (χ0v) is 15.9. The van der Waals surface area contributed by atoms with Gasteiger partial charge in [-0.05, 0) is 54.7 Å². The molecule has 0 radical (unpaired) electrons. The number of sulfonamides is 1. The molecule has 0 atom stereocenters. The Morgan fingerprint density at radius 3 is 2.15 bits per heavy atom. The Balaban J connectivity index is 1.66. The van der Waals surface area contributed by atoms with Crippen molar-refractivity contribution < 1.29 is 13.2 Å². The van der Waals surface area contributed by atoms with E-state index in [2.05, 4.69) is 23.8 Å². The predicted octanol–water partition coefficient (Wildman–Crippen LogP) is 2.96. The number of hydrogen-bond acceptors (Lipinski definition) is 3. The number of rotatable bonds is 7. The topological polar surface area (TPSA) is 66.5 Å². The van der Waals surface area contributed by atoms with Crippen molar-refractivity contribution in [1.29, 1.82) is 0 Å². The van der Waals surface area contributed by atoms with Crippen LogP contribution in [0, 0.1) is 0 Å². The largest absolute Gasteiger partial charge is 0.337 e. The van der Waals surface area contributed by atoms with Crippen LogP contribution in [0.25, 0.3) is 0 Å². The number of aryl methyl sites for hydroxylation is 1. The Bertz CT molecular complexity index is 870. The minimum absolute atomic E-state index is 0.0616. The van der Waals surface area contributed by atoms with Crippen LogP contribution in [0.3, 0.4) is 0 Å². The summed E-state index contributed by atoms with van der Waals surface area (Å²) in [5, 5.41) is 0. The van der Waals surface area contributed by atoms with Gasteiger partial charge in [0.15, 0.2) is 0 Å². The van der Waals surface area contributed by atoms with E-state index in [0.717, 1.165) is 24.8 Å². The predicted molar refractivity (Wildman–Crippen MR) is 101 cm³/mol. The first-order valence-corrected chi connectivity index (χ1v) is 10.3. The molecule has 138 valence electrons. The molecule has 1 N–H and O–H groups in total. The SMILES string of the molecule is CCc1ccc(CN(C)C(=O)c2ccc(S(=O)(=O)NC3CC3)cc2)cc1. The van der Waals surface area contributed by atoms with Crippen LogP contribution in [-0.4, -0.2) is 32.3 Å². The molecule has 0 saturated heterocycles. The third kappa shape index (κ3) is 4.51. The van der Waals surface area contributed by atoms with Crippen molar-refractivity contribution in [3.63, 3.8) is 0 Å². The zero-order chi connectivity index (χ0) is 18.7. The van der Waals surface area contributed by atoms with Crippen molar-refractivity contribution in [2.24, 2.45) is 0 Å². The van der Waals surface area contributed by atoms with Gasteiger partial charge < -0.3 is 4.90 Å². The van der Waals surface area contributed by atoms with E-state index in [4.69, 9.17) is 0 Å². The molecule has 1 fully saturated rings. The minimum atomic E-state index is -3.49. The second-order valence-corrected chi connectivity index (χ2v) is 8.47. The van der Waals surface area contributed by atoms with Crippen LogP contribution in [0.2, 0.25) is 0 Å². The molecule has 0 unspecified atom stereocenters. The average Bonchev–Trinajstić information content (AvgIpc) is 3.45. The molecule has 2 aromatic carbocycles. The molecule has 0 aromatic heterocycles. The second-order valence-electron chi connectivity index (χ2n) is 6.75. The minimum Gasteiger partial charge on any atom is -0.337 e. The summed E-state index contributed by atoms with van der Waals surface area (Å²) in [6.45, 7) is 2.61. The number of benzene rings is 2. The van der Waals surface area contributed by atoms with Gasteiger partial charge in [-0.1, -0.05) is 31.2 Å². The first-order chi connectivity index (χ1) is 12.4. The molecule has 1 aliphatic rings. The Hall–Kier alpha value is -2.18. The monoisotopic (exact) mass is 372 g/mol. The van der Waals surface area contributed by atoms with Gasteiger partial charge >= 0.3 is 0 Å². The van der Waals surface area contributed by atoms with Crippen LogP contribution < -0.4 is 4.72 Å². The number of nitrogens with one attached hydrogen (secondary N) is 1. The maximum atomic E-state index is 12.6. The van der Waals surface area contributed by atoms with Crippen LogP contribution in [0.4, 0.5) is 0 Å². The van der Waals surface area contributed by atoms with Gasteiger partial charge in [0.05, 0.1) is 4.90 Å². The molecule has 0 heterocycles. The number of amides is 1. The Morgan fingerprint density at radius 2 is 1.62 bits per heavy atom. The first kappa shape index (κ1) is 18.6. The Kier molecular flexibility index (Phi) is 5.44. The summed E-state index contributed by atoms with van der Waals surface area (Å²) in [6, 6.07) is 14.4. The number of carbonyl (C=O) groups excluding carboxylic acids is 1. The van der Waals surface area contributed by atoms with Gasteiger partial charge in [0.2, 0.25) is 10.0 Å². The van der Waals surface area contributed by atoms with E-state index in [9.17, 15) is 13.2 Å². The maximum Gasteiger partial charge on any atom is 0.253 e. The van der Waals surface area contributed by atoms with Crippen molar-refractivity contribution in [3.8, 4) is 0 Å². The molecule has 0 spiro atoms. The molecule has 6 heteroatoms. The summed E-state index contributed by atoms with van der Waals surface area (Å²) >= 11 is 0. The normalized spacial score (nSPS) is 14.2. The van der Waals surface area contributed by atoms with Crippen LogP contribution in [0.1, 0.15) is 41.3 Å². The third-order valence-corrected chi connectivity index (χ3v) is 6.04. The second kappa shape index (κ2) is 7.60. The Labute approximate surface area is 155 Å². The molecule has 1 aliphatic carbocycles. The zero-order valence-electron chi connectivity index (χ0n) is 15.1. The summed E-state index contributed by atoms with van der Waals surface area (Å²) in [5.41, 5.74) is 2.80. The molecule has 1 amide bonds. The number of carbonyl (C=O) groups is 1. The number of nitrogens with zero attached hydrogens (tertiary/aromatic N) is 1. The fourth-order valence-electron chi connectivity index (χ4n) is 2.71. The average molecular weight is 372 g/mol. The molecular formula is C20H24N2O3S. The molecular weight excluding hydrogens is 348 g/mol. The van der Waals surface area contributed by atoms with Gasteiger partial charge in [0.25, 0.3) is 5.91 Å². The van der Waals surface area contributed by atoms with Gasteiger partial charge in [-0.25, -0.2) is 13.1 Å². The highest BCUT2D eigenvalue weighted by molar-refractivity contribution is 7.89. The highest BCUT2D eigenvalue weighted by Crippen LogP contribution is 2.22. The molecule has 2 aromatic rings. The van der Waals surface area contributed by atoms with E-state index in [1.54, 1.807) is 24.1 Å². The van der Waals surface area contributed by atoms with Gasteiger partial charge in [0, 0.05) is 25.2 Å². The van der Waals surface area contributed by atoms with E-state index in [-0.39, 0.29) is 16.8 Å². The molecule has 26 heavy (non-hydrogen) atoms. The van der Waals surface area contributed by atoms with Crippen molar-refractivity contribution in [2.45, 2.75) is 43.7 Å². The van der Waals surface area contributed by atoms with Crippen LogP contribution in [-0.2, 0) is 23.0 Å². The van der Waals surface area contributed by atoms with Crippen LogP contribution >= 0.6 is 0 Å². The smallest absolute Gasteiger partial charge is 0.253 e. The van der Waals surface area contributed by atoms with Crippen molar-refractivity contribution in [3.05, 3.63) is 65.2 Å². The highest BCUT2D eigenvalue weighted by Gasteiger charge is 2.28. The first-order valence-electron chi connectivity index (χ1n) is 8.84. The van der Waals surface area contributed by atoms with Crippen molar-refractivity contribution in [2.75, 3.05) is 7.05 Å². The van der Waals surface area contributed by atoms with Crippen LogP contribution in [0.15, 0.2) is 53.4 Å². The maximum absolute atomic E-state index is 12.6. The summed E-state index contributed by atoms with van der Waals surface area (Å²) in [5.74, 6) is -0.135. The Morgan fingerprint density at radius 1 is 1.04 bits per heavy atom. The summed E-state index contributed by atoms with van der Waals surface area (Å²) in [7, 11) is -1.74. The van der Waals surface area contributed by atoms with E-state index in [0.29, 0.717) is 12.1 Å². The molecule has 0 aliphatic heterocycles. The summed E-state index contributed by atoms with van der Waals surface area (Å²) < 4.78 is 27.0. The van der Waals surface area contributed by atoms with Gasteiger partial charge in [0.1, 0.15) is 0 Å². The third-order valence-electron chi connectivity index (χ3n) is 4.51. The fraction of sp³-hybridized carbons (Fsp3) is 0.350. The van der Waals surface area contributed by atoms with E-state index in [1.165, 1.54) is 17.7 Å². The standard InChI is InChI=1S/C20H24N2O3S/c1-3-15-4-6-16(7-5-15)14-22(2)20(23)17-8-12-19(13-9-17)26(24,25)21-18-10-11-18/h4-9,12-13,18,21H,3,10-11,14H2,1-2H3. The molecule has 3 rings (SSSR count). The van der Waals surface area contributed by atoms with Gasteiger partial charge in [-0.15, -0.1) is 0 Å². The lowest BCUT2D eigenvalue weighted by Crippen LogP contribution is -2.27. The van der Waals surface area contributed by atoms with Crippen LogP contribution in [0.5, 0.6) is 0 Å². The van der Waals surface area contributed by atoms with Gasteiger partial charge in [-0.3, -0.25) is 4.79 Å². The lowest BCUT2D eigenvalue weighted by atomic mass is 10.1. The fourth-order valence-corrected chi connectivity index (χ4v) is 4.02. The molecule has 1 saturated carbocycles. The van der Waals surface area contributed by atoms with Crippen molar-refractivity contribution >= 4 is 15.9 Å². The van der Waals surface area contributed by atoms with E-state index in [1.807, 2.05) is 12.1 Å². The van der Waals surface area contributed by atoms with E-state index >= 15 is 0 Å². The molecule has 5 nitrogen and oxygen atoms in total. The van der Waals surface area contributed by atoms with E-state index < -0.39 is 10.0 Å². The summed E-state index contributed by atoms with van der Waals surface area (Å²) in [4.78, 5) is 14.4. The van der Waals surface area contributed by atoms with Crippen molar-refractivity contribution in [1.82, 2.24) is 9.62 Å².